The lowest BCUT2D eigenvalue weighted by Crippen LogP contribution is -2.67. The van der Waals surface area contributed by atoms with Gasteiger partial charge in [-0.2, -0.15) is 0 Å². The van der Waals surface area contributed by atoms with Crippen LogP contribution in [0.1, 0.15) is 27.2 Å². The van der Waals surface area contributed by atoms with Gasteiger partial charge in [0.05, 0.1) is 39.1 Å². The lowest BCUT2D eigenvalue weighted by molar-refractivity contribution is -0.390. The largest absolute Gasteiger partial charge is 0.394 e. The molecule has 4 rings (SSSR count). The summed E-state index contributed by atoms with van der Waals surface area (Å²) < 4.78 is 44.3. The molecule has 0 radical (unpaired) electrons. The average molecular weight is 871 g/mol. The molecule has 0 aromatic carbocycles. The molecule has 1 unspecified atom stereocenters. The van der Waals surface area contributed by atoms with E-state index in [9.17, 15) is 86.8 Å². The predicted octanol–water partition coefficient (Wildman–Crippen LogP) is -9.84. The number of rotatable bonds is 17. The summed E-state index contributed by atoms with van der Waals surface area (Å²) in [5.41, 5.74) is -0.503. The fraction of sp³-hybridized carbons (Fsp3) is 1.00. The van der Waals surface area contributed by atoms with Gasteiger partial charge in [0.15, 0.2) is 25.2 Å². The van der Waals surface area contributed by atoms with Gasteiger partial charge in [0.2, 0.25) is 0 Å². The highest BCUT2D eigenvalue weighted by Crippen LogP contribution is 2.35. The highest BCUT2D eigenvalue weighted by atomic mass is 16.8. The minimum absolute atomic E-state index is 0.0116. The summed E-state index contributed by atoms with van der Waals surface area (Å²) in [5, 5.41) is 178. The van der Waals surface area contributed by atoms with Gasteiger partial charge in [0.1, 0.15) is 116 Å². The zero-order chi connectivity index (χ0) is 44.3. The second-order valence-electron chi connectivity index (χ2n) is 16.3. The number of hydrogen-bond acceptors (Lipinski definition) is 25. The summed E-state index contributed by atoms with van der Waals surface area (Å²) in [5.74, 6) is 0. The number of aliphatic hydroxyl groups is 17. The van der Waals surface area contributed by atoms with Gasteiger partial charge in [0.25, 0.3) is 0 Å². The Morgan fingerprint density at radius 3 is 1.14 bits per heavy atom. The van der Waals surface area contributed by atoms with Gasteiger partial charge in [-0.1, -0.05) is 20.8 Å². The van der Waals surface area contributed by atoms with E-state index in [4.69, 9.17) is 37.9 Å². The normalized spacial score (nSPS) is 45.8. The van der Waals surface area contributed by atoms with Gasteiger partial charge in [-0.15, -0.1) is 0 Å². The van der Waals surface area contributed by atoms with Crippen molar-refractivity contribution in [2.75, 3.05) is 33.0 Å². The molecule has 0 aromatic rings. The predicted molar refractivity (Wildman–Crippen MR) is 186 cm³/mol. The maximum absolute atomic E-state index is 11.1. The standard InChI is InChI=1S/C34H62O25/c1-34(2,3)4-10(40)16(42)26(11(41)5-35)56-31-23(49)19(45)28(13(7-37)53-31)58-33-25(51)21(47)29(15(9-39)55-33)59-32-24(50)20(46)27(14(8-38)54-32)57-30-22(48)18(44)17(43)12(6-36)52-30/h10-33,35-51H,4-9H2,1-3H3/t10-,11+,12+,13+,14+,15+,16+,17+,18-,19+,20+,21+,22+,23+,24?,25+,26+,27+,28+,29+,30-,31-,32-,33-/m0/s1. The van der Waals surface area contributed by atoms with Crippen molar-refractivity contribution in [2.45, 2.75) is 174 Å². The third-order valence-corrected chi connectivity index (χ3v) is 10.6. The van der Waals surface area contributed by atoms with Gasteiger partial charge in [0, 0.05) is 0 Å². The first-order chi connectivity index (χ1) is 27.6. The van der Waals surface area contributed by atoms with Gasteiger partial charge in [-0.25, -0.2) is 0 Å². The molecule has 17 N–H and O–H groups in total. The first kappa shape index (κ1) is 50.6. The molecule has 59 heavy (non-hydrogen) atoms. The molecule has 25 heteroatoms. The Bertz CT molecular complexity index is 1240. The van der Waals surface area contributed by atoms with Crippen LogP contribution in [0.15, 0.2) is 0 Å². The van der Waals surface area contributed by atoms with E-state index in [-0.39, 0.29) is 6.42 Å². The van der Waals surface area contributed by atoms with Crippen molar-refractivity contribution in [3.8, 4) is 0 Å². The van der Waals surface area contributed by atoms with E-state index in [1.165, 1.54) is 0 Å². The second kappa shape index (κ2) is 21.6. The van der Waals surface area contributed by atoms with Gasteiger partial charge >= 0.3 is 0 Å². The Balaban J connectivity index is 1.43. The molecule has 0 saturated carbocycles. The van der Waals surface area contributed by atoms with Crippen molar-refractivity contribution in [3.63, 3.8) is 0 Å². The molecule has 0 amide bonds. The first-order valence-electron chi connectivity index (χ1n) is 19.1. The molecule has 0 bridgehead atoms. The quantitative estimate of drug-likeness (QED) is 0.0645. The van der Waals surface area contributed by atoms with Gasteiger partial charge in [-0.05, 0) is 11.8 Å². The van der Waals surface area contributed by atoms with Crippen molar-refractivity contribution >= 4 is 0 Å². The Hall–Kier alpha value is -1.00. The maximum Gasteiger partial charge on any atom is 0.187 e. The first-order valence-corrected chi connectivity index (χ1v) is 19.1. The fourth-order valence-electron chi connectivity index (χ4n) is 7.27. The van der Waals surface area contributed by atoms with Crippen molar-refractivity contribution in [3.05, 3.63) is 0 Å². The van der Waals surface area contributed by atoms with E-state index >= 15 is 0 Å². The summed E-state index contributed by atoms with van der Waals surface area (Å²) in [7, 11) is 0. The second-order valence-corrected chi connectivity index (χ2v) is 16.3. The smallest absolute Gasteiger partial charge is 0.187 e. The van der Waals surface area contributed by atoms with Crippen LogP contribution in [0.2, 0.25) is 0 Å². The third kappa shape index (κ3) is 11.6. The Morgan fingerprint density at radius 2 is 0.780 bits per heavy atom. The molecule has 0 aromatic heterocycles. The summed E-state index contributed by atoms with van der Waals surface area (Å²) in [6.45, 7) is 0.649. The zero-order valence-corrected chi connectivity index (χ0v) is 32.5. The SMILES string of the molecule is CC(C)(C)C[C@H](O)[C@@H](O)[C@H](O[C@@H]1O[C@H](CO)[C@@H](O[C@@H]2O[C@H](CO)[C@@H](O[C@@H]3O[C@H](CO)[C@@H](O[C@@H]4O[C@H](CO)[C@@H](O)[C@H](O)[C@H]4O)[C@H](O)C3O)[C@H](O)[C@H]2O)[C@H](O)[C@H]1O)[C@H](O)CO. The van der Waals surface area contributed by atoms with E-state index in [2.05, 4.69) is 0 Å². The highest BCUT2D eigenvalue weighted by Gasteiger charge is 2.55. The summed E-state index contributed by atoms with van der Waals surface area (Å²) in [6, 6.07) is 0. The van der Waals surface area contributed by atoms with E-state index < -0.39 is 186 Å². The molecule has 25 nitrogen and oxygen atoms in total. The van der Waals surface area contributed by atoms with Crippen LogP contribution in [0, 0.1) is 5.41 Å². The van der Waals surface area contributed by atoms with Gasteiger partial charge < -0.3 is 125 Å². The van der Waals surface area contributed by atoms with Crippen LogP contribution in [0.4, 0.5) is 0 Å². The van der Waals surface area contributed by atoms with Crippen LogP contribution >= 0.6 is 0 Å². The molecule has 4 saturated heterocycles. The molecule has 4 aliphatic rings. The molecular formula is C34H62O25. The van der Waals surface area contributed by atoms with Crippen LogP contribution in [0.3, 0.4) is 0 Å². The van der Waals surface area contributed by atoms with Crippen LogP contribution in [0.5, 0.6) is 0 Å². The molecule has 4 heterocycles. The zero-order valence-electron chi connectivity index (χ0n) is 32.5. The highest BCUT2D eigenvalue weighted by molar-refractivity contribution is 4.98. The molecule has 4 aliphatic heterocycles. The molecule has 0 spiro atoms. The maximum atomic E-state index is 11.1. The fourth-order valence-corrected chi connectivity index (χ4v) is 7.27. The van der Waals surface area contributed by atoms with E-state index in [0.717, 1.165) is 0 Å². The van der Waals surface area contributed by atoms with Crippen LogP contribution in [-0.2, 0) is 37.9 Å². The Morgan fingerprint density at radius 1 is 0.441 bits per heavy atom. The lowest BCUT2D eigenvalue weighted by atomic mass is 9.86. The molecule has 348 valence electrons. The minimum atomic E-state index is -2.12. The lowest BCUT2D eigenvalue weighted by Gasteiger charge is -2.49. The monoisotopic (exact) mass is 870 g/mol. The van der Waals surface area contributed by atoms with Crippen molar-refractivity contribution in [2.24, 2.45) is 5.41 Å². The van der Waals surface area contributed by atoms with E-state index in [0.29, 0.717) is 0 Å². The van der Waals surface area contributed by atoms with Crippen molar-refractivity contribution < 1.29 is 125 Å². The summed E-state index contributed by atoms with van der Waals surface area (Å²) in [4.78, 5) is 0. The van der Waals surface area contributed by atoms with Crippen LogP contribution in [-0.4, -0.2) is 267 Å². The van der Waals surface area contributed by atoms with E-state index in [1.807, 2.05) is 0 Å². The third-order valence-electron chi connectivity index (χ3n) is 10.6. The molecule has 0 aliphatic carbocycles. The number of ether oxygens (including phenoxy) is 8. The van der Waals surface area contributed by atoms with Crippen LogP contribution in [0.25, 0.3) is 0 Å². The Labute approximate surface area is 337 Å². The average Bonchev–Trinajstić information content (AvgIpc) is 3.20. The van der Waals surface area contributed by atoms with E-state index in [1.54, 1.807) is 20.8 Å². The van der Waals surface area contributed by atoms with Crippen LogP contribution < -0.4 is 0 Å². The summed E-state index contributed by atoms with van der Waals surface area (Å²) in [6.07, 6.45) is -44.1. The topological polar surface area (TPSA) is 418 Å². The molecular weight excluding hydrogens is 808 g/mol. The Kier molecular flexibility index (Phi) is 18.5. The molecule has 24 atom stereocenters. The van der Waals surface area contributed by atoms with Crippen molar-refractivity contribution in [1.82, 2.24) is 0 Å². The van der Waals surface area contributed by atoms with Gasteiger partial charge in [-0.3, -0.25) is 0 Å². The summed E-state index contributed by atoms with van der Waals surface area (Å²) >= 11 is 0. The number of aliphatic hydroxyl groups excluding tert-OH is 17. The number of hydrogen-bond donors (Lipinski definition) is 17. The molecule has 4 fully saturated rings. The minimum Gasteiger partial charge on any atom is -0.394 e. The van der Waals surface area contributed by atoms with Crippen molar-refractivity contribution in [1.29, 1.82) is 0 Å².